The van der Waals surface area contributed by atoms with Gasteiger partial charge in [-0.15, -0.1) is 0 Å². The first kappa shape index (κ1) is 10.5. The molecule has 1 saturated carbocycles. The van der Waals surface area contributed by atoms with Crippen LogP contribution in [0.25, 0.3) is 0 Å². The highest BCUT2D eigenvalue weighted by Gasteiger charge is 2.42. The summed E-state index contributed by atoms with van der Waals surface area (Å²) >= 11 is 0. The van der Waals surface area contributed by atoms with Gasteiger partial charge in [-0.05, 0) is 31.6 Å². The van der Waals surface area contributed by atoms with Crippen LogP contribution in [0.15, 0.2) is 12.4 Å². The smallest absolute Gasteiger partial charge is 0.0728 e. The Morgan fingerprint density at radius 3 is 2.93 bits per heavy atom. The highest BCUT2D eigenvalue weighted by atomic mass is 15.3. The fraction of sp³-hybridized carbons (Fsp3) is 0.750. The lowest BCUT2D eigenvalue weighted by atomic mass is 10.0. The van der Waals surface area contributed by atoms with Gasteiger partial charge in [-0.3, -0.25) is 4.68 Å². The number of hydrogen-bond acceptors (Lipinski definition) is 2. The van der Waals surface area contributed by atoms with E-state index in [0.717, 1.165) is 18.7 Å². The number of nitrogens with one attached hydrogen (secondary N) is 1. The van der Waals surface area contributed by atoms with Crippen LogP contribution in [-0.2, 0) is 6.54 Å². The summed E-state index contributed by atoms with van der Waals surface area (Å²) in [5.41, 5.74) is 1.68. The van der Waals surface area contributed by atoms with E-state index in [9.17, 15) is 0 Å². The molecule has 1 aliphatic carbocycles. The van der Waals surface area contributed by atoms with E-state index in [4.69, 9.17) is 0 Å². The van der Waals surface area contributed by atoms with Gasteiger partial charge in [0.1, 0.15) is 0 Å². The predicted molar refractivity (Wildman–Crippen MR) is 62.9 cm³/mol. The SMILES string of the molecule is CCCn1cc(NC(C)C2(C)CC2)cn1. The number of nitrogens with zero attached hydrogens (tertiary/aromatic N) is 2. The van der Waals surface area contributed by atoms with Gasteiger partial charge in [0.25, 0.3) is 0 Å². The lowest BCUT2D eigenvalue weighted by Gasteiger charge is -2.20. The van der Waals surface area contributed by atoms with E-state index in [0.29, 0.717) is 11.5 Å². The molecule has 0 radical (unpaired) electrons. The fourth-order valence-electron chi connectivity index (χ4n) is 1.84. The second-order valence-corrected chi connectivity index (χ2v) is 5.01. The molecule has 15 heavy (non-hydrogen) atoms. The van der Waals surface area contributed by atoms with Gasteiger partial charge in [0.05, 0.1) is 11.9 Å². The molecule has 1 N–H and O–H groups in total. The van der Waals surface area contributed by atoms with Crippen LogP contribution in [0.3, 0.4) is 0 Å². The van der Waals surface area contributed by atoms with Gasteiger partial charge in [0.15, 0.2) is 0 Å². The molecular weight excluding hydrogens is 186 g/mol. The average Bonchev–Trinajstić information content (AvgIpc) is 2.79. The second kappa shape index (κ2) is 3.87. The van der Waals surface area contributed by atoms with Crippen molar-refractivity contribution < 1.29 is 0 Å². The summed E-state index contributed by atoms with van der Waals surface area (Å²) in [6.07, 6.45) is 7.87. The van der Waals surface area contributed by atoms with Crippen molar-refractivity contribution >= 4 is 5.69 Å². The third kappa shape index (κ3) is 2.33. The molecule has 1 fully saturated rings. The van der Waals surface area contributed by atoms with Gasteiger partial charge < -0.3 is 5.32 Å². The third-order valence-corrected chi connectivity index (χ3v) is 3.55. The average molecular weight is 207 g/mol. The number of hydrogen-bond donors (Lipinski definition) is 1. The topological polar surface area (TPSA) is 29.9 Å². The Labute approximate surface area is 91.9 Å². The van der Waals surface area contributed by atoms with E-state index in [-0.39, 0.29) is 0 Å². The van der Waals surface area contributed by atoms with E-state index in [1.54, 1.807) is 0 Å². The van der Waals surface area contributed by atoms with Crippen molar-refractivity contribution in [3.63, 3.8) is 0 Å². The largest absolute Gasteiger partial charge is 0.380 e. The van der Waals surface area contributed by atoms with E-state index in [1.807, 2.05) is 10.9 Å². The highest BCUT2D eigenvalue weighted by molar-refractivity contribution is 5.40. The number of anilines is 1. The molecule has 2 rings (SSSR count). The van der Waals surface area contributed by atoms with Crippen molar-refractivity contribution in [3.8, 4) is 0 Å². The van der Waals surface area contributed by atoms with Gasteiger partial charge in [-0.25, -0.2) is 0 Å². The number of aryl methyl sites for hydroxylation is 1. The van der Waals surface area contributed by atoms with Gasteiger partial charge in [-0.2, -0.15) is 5.10 Å². The normalized spacial score (nSPS) is 19.9. The first-order valence-electron chi connectivity index (χ1n) is 5.93. The summed E-state index contributed by atoms with van der Waals surface area (Å²) in [4.78, 5) is 0. The van der Waals surface area contributed by atoms with Crippen molar-refractivity contribution in [3.05, 3.63) is 12.4 Å². The molecule has 0 aromatic carbocycles. The van der Waals surface area contributed by atoms with Crippen LogP contribution in [0.4, 0.5) is 5.69 Å². The van der Waals surface area contributed by atoms with E-state index in [1.165, 1.54) is 12.8 Å². The van der Waals surface area contributed by atoms with Crippen LogP contribution in [-0.4, -0.2) is 15.8 Å². The molecular formula is C12H21N3. The first-order chi connectivity index (χ1) is 7.14. The monoisotopic (exact) mass is 207 g/mol. The van der Waals surface area contributed by atoms with Crippen LogP contribution in [0.5, 0.6) is 0 Å². The van der Waals surface area contributed by atoms with Gasteiger partial charge in [-0.1, -0.05) is 13.8 Å². The molecule has 1 atom stereocenters. The molecule has 1 heterocycles. The zero-order valence-electron chi connectivity index (χ0n) is 9.95. The minimum atomic E-state index is 0.521. The minimum Gasteiger partial charge on any atom is -0.380 e. The first-order valence-corrected chi connectivity index (χ1v) is 5.93. The van der Waals surface area contributed by atoms with Crippen molar-refractivity contribution in [1.29, 1.82) is 0 Å². The van der Waals surface area contributed by atoms with Crippen molar-refractivity contribution in [1.82, 2.24) is 9.78 Å². The summed E-state index contributed by atoms with van der Waals surface area (Å²) in [6.45, 7) is 7.79. The van der Waals surface area contributed by atoms with Gasteiger partial charge in [0.2, 0.25) is 0 Å². The Hall–Kier alpha value is -0.990. The van der Waals surface area contributed by atoms with E-state index < -0.39 is 0 Å². The Kier molecular flexibility index (Phi) is 2.72. The van der Waals surface area contributed by atoms with Crippen LogP contribution < -0.4 is 5.32 Å². The molecule has 1 aromatic rings. The summed E-state index contributed by atoms with van der Waals surface area (Å²) in [7, 11) is 0. The fourth-order valence-corrected chi connectivity index (χ4v) is 1.84. The van der Waals surface area contributed by atoms with Crippen LogP contribution in [0.2, 0.25) is 0 Å². The van der Waals surface area contributed by atoms with Crippen molar-refractivity contribution in [2.24, 2.45) is 5.41 Å². The second-order valence-electron chi connectivity index (χ2n) is 5.01. The minimum absolute atomic E-state index is 0.521. The molecule has 1 aromatic heterocycles. The number of aromatic nitrogens is 2. The maximum atomic E-state index is 4.32. The zero-order valence-corrected chi connectivity index (χ0v) is 9.95. The van der Waals surface area contributed by atoms with Crippen LogP contribution in [0, 0.1) is 5.41 Å². The Balaban J connectivity index is 1.92. The zero-order chi connectivity index (χ0) is 10.9. The Morgan fingerprint density at radius 1 is 1.60 bits per heavy atom. The molecule has 1 unspecified atom stereocenters. The Bertz CT molecular complexity index is 325. The van der Waals surface area contributed by atoms with Crippen LogP contribution in [0.1, 0.15) is 40.0 Å². The molecule has 84 valence electrons. The quantitative estimate of drug-likeness (QED) is 0.804. The molecule has 0 bridgehead atoms. The maximum Gasteiger partial charge on any atom is 0.0728 e. The Morgan fingerprint density at radius 2 is 2.33 bits per heavy atom. The predicted octanol–water partition coefficient (Wildman–Crippen LogP) is 2.89. The van der Waals surface area contributed by atoms with Crippen molar-refractivity contribution in [2.45, 2.75) is 52.6 Å². The molecule has 3 nitrogen and oxygen atoms in total. The summed E-state index contributed by atoms with van der Waals surface area (Å²) in [6, 6.07) is 0.553. The molecule has 0 spiro atoms. The molecule has 1 aliphatic rings. The van der Waals surface area contributed by atoms with E-state index in [2.05, 4.69) is 37.4 Å². The third-order valence-electron chi connectivity index (χ3n) is 3.55. The van der Waals surface area contributed by atoms with Gasteiger partial charge in [0, 0.05) is 18.8 Å². The lowest BCUT2D eigenvalue weighted by molar-refractivity contribution is 0.493. The number of rotatable bonds is 5. The summed E-state index contributed by atoms with van der Waals surface area (Å²) in [5, 5.41) is 7.86. The van der Waals surface area contributed by atoms with Crippen LogP contribution >= 0.6 is 0 Å². The molecule has 0 amide bonds. The maximum absolute atomic E-state index is 4.32. The summed E-state index contributed by atoms with van der Waals surface area (Å²) < 4.78 is 2.00. The summed E-state index contributed by atoms with van der Waals surface area (Å²) in [5.74, 6) is 0. The van der Waals surface area contributed by atoms with Crippen molar-refractivity contribution in [2.75, 3.05) is 5.32 Å². The molecule has 0 aliphatic heterocycles. The van der Waals surface area contributed by atoms with Gasteiger partial charge >= 0.3 is 0 Å². The molecule has 3 heteroatoms. The molecule has 0 saturated heterocycles. The lowest BCUT2D eigenvalue weighted by Crippen LogP contribution is -2.24. The van der Waals surface area contributed by atoms with E-state index >= 15 is 0 Å². The standard InChI is InChI=1S/C12H21N3/c1-4-7-15-9-11(8-13-15)14-10(2)12(3)5-6-12/h8-10,14H,4-7H2,1-3H3. The highest BCUT2D eigenvalue weighted by Crippen LogP contribution is 2.48.